The molecular formula is C9H13N3O2. The van der Waals surface area contributed by atoms with Gasteiger partial charge in [0.2, 0.25) is 11.8 Å². The second-order valence-electron chi connectivity index (χ2n) is 3.47. The third-order valence-corrected chi connectivity index (χ3v) is 2.37. The lowest BCUT2D eigenvalue weighted by Crippen LogP contribution is -2.32. The number of aromatic hydroxyl groups is 1. The van der Waals surface area contributed by atoms with E-state index in [0.717, 1.165) is 32.0 Å². The summed E-state index contributed by atoms with van der Waals surface area (Å²) in [4.78, 5) is 19.6. The fraction of sp³-hybridized carbons (Fsp3) is 0.556. The van der Waals surface area contributed by atoms with Crippen molar-refractivity contribution in [2.24, 2.45) is 0 Å². The standard InChI is InChI=1S/C9H13N3O2/c13-7-6-8(14)11-9(10-7)12-4-2-1-3-5-12/h6H,1-5H2,(H2,10,11,13,14). The molecule has 0 aliphatic carbocycles. The van der Waals surface area contributed by atoms with Crippen LogP contribution in [0.15, 0.2) is 10.9 Å². The Labute approximate surface area is 81.4 Å². The van der Waals surface area contributed by atoms with Gasteiger partial charge in [-0.15, -0.1) is 0 Å². The molecule has 1 aromatic rings. The Hall–Kier alpha value is -1.52. The van der Waals surface area contributed by atoms with Crippen molar-refractivity contribution >= 4 is 5.95 Å². The van der Waals surface area contributed by atoms with E-state index in [1.165, 1.54) is 6.42 Å². The van der Waals surface area contributed by atoms with Crippen molar-refractivity contribution in [2.45, 2.75) is 19.3 Å². The summed E-state index contributed by atoms with van der Waals surface area (Å²) in [5.41, 5.74) is -0.307. The molecule has 0 aromatic carbocycles. The van der Waals surface area contributed by atoms with E-state index in [2.05, 4.69) is 9.97 Å². The largest absolute Gasteiger partial charge is 0.493 e. The molecule has 1 aliphatic heterocycles. The van der Waals surface area contributed by atoms with Crippen LogP contribution in [0.5, 0.6) is 5.88 Å². The predicted molar refractivity (Wildman–Crippen MR) is 52.6 cm³/mol. The Bertz CT molecular complexity index is 369. The molecule has 1 aliphatic rings. The monoisotopic (exact) mass is 195 g/mol. The van der Waals surface area contributed by atoms with Gasteiger partial charge in [0, 0.05) is 13.1 Å². The van der Waals surface area contributed by atoms with Crippen molar-refractivity contribution in [3.05, 3.63) is 16.4 Å². The minimum Gasteiger partial charge on any atom is -0.493 e. The maximum Gasteiger partial charge on any atom is 0.256 e. The summed E-state index contributed by atoms with van der Waals surface area (Å²) in [5.74, 6) is 0.268. The highest BCUT2D eigenvalue weighted by Gasteiger charge is 2.13. The van der Waals surface area contributed by atoms with Crippen LogP contribution in [-0.4, -0.2) is 28.2 Å². The molecular weight excluding hydrogens is 182 g/mol. The first-order chi connectivity index (χ1) is 6.75. The number of hydrogen-bond acceptors (Lipinski definition) is 4. The number of aromatic nitrogens is 2. The lowest BCUT2D eigenvalue weighted by molar-refractivity contribution is 0.449. The summed E-state index contributed by atoms with van der Waals surface area (Å²) < 4.78 is 0. The van der Waals surface area contributed by atoms with E-state index < -0.39 is 0 Å². The average Bonchev–Trinajstić information content (AvgIpc) is 2.18. The van der Waals surface area contributed by atoms with Crippen LogP contribution in [0.4, 0.5) is 5.95 Å². The lowest BCUT2D eigenvalue weighted by Gasteiger charge is -2.26. The Morgan fingerprint density at radius 2 is 2.07 bits per heavy atom. The Morgan fingerprint density at radius 3 is 2.71 bits per heavy atom. The van der Waals surface area contributed by atoms with Gasteiger partial charge >= 0.3 is 0 Å². The second kappa shape index (κ2) is 3.69. The maximum absolute atomic E-state index is 11.1. The average molecular weight is 195 g/mol. The summed E-state index contributed by atoms with van der Waals surface area (Å²) in [6, 6.07) is 1.08. The number of H-pyrrole nitrogens is 1. The molecule has 2 rings (SSSR count). The molecule has 1 fully saturated rings. The third kappa shape index (κ3) is 1.86. The van der Waals surface area contributed by atoms with E-state index >= 15 is 0 Å². The summed E-state index contributed by atoms with van der Waals surface area (Å²) in [6.07, 6.45) is 3.44. The highest BCUT2D eigenvalue weighted by molar-refractivity contribution is 5.31. The van der Waals surface area contributed by atoms with Crippen LogP contribution < -0.4 is 10.5 Å². The van der Waals surface area contributed by atoms with Gasteiger partial charge in [0.25, 0.3) is 5.56 Å². The van der Waals surface area contributed by atoms with E-state index in [0.29, 0.717) is 5.95 Å². The van der Waals surface area contributed by atoms with Gasteiger partial charge in [0.1, 0.15) is 0 Å². The van der Waals surface area contributed by atoms with Crippen LogP contribution in [0.1, 0.15) is 19.3 Å². The number of anilines is 1. The first kappa shape index (κ1) is 9.05. The molecule has 14 heavy (non-hydrogen) atoms. The molecule has 1 saturated heterocycles. The highest BCUT2D eigenvalue weighted by Crippen LogP contribution is 2.15. The van der Waals surface area contributed by atoms with Crippen LogP contribution in [0.2, 0.25) is 0 Å². The summed E-state index contributed by atoms with van der Waals surface area (Å²) >= 11 is 0. The molecule has 2 N–H and O–H groups in total. The number of nitrogens with one attached hydrogen (secondary N) is 1. The minimum atomic E-state index is -0.307. The molecule has 1 aromatic heterocycles. The van der Waals surface area contributed by atoms with Crippen molar-refractivity contribution in [3.8, 4) is 5.88 Å². The van der Waals surface area contributed by atoms with E-state index in [1.54, 1.807) is 0 Å². The molecule has 0 amide bonds. The molecule has 0 spiro atoms. The van der Waals surface area contributed by atoms with Crippen molar-refractivity contribution in [1.29, 1.82) is 0 Å². The zero-order valence-electron chi connectivity index (χ0n) is 7.86. The minimum absolute atomic E-state index is 0.214. The van der Waals surface area contributed by atoms with Gasteiger partial charge in [-0.2, -0.15) is 4.98 Å². The number of piperidine rings is 1. The van der Waals surface area contributed by atoms with Crippen molar-refractivity contribution < 1.29 is 5.11 Å². The fourth-order valence-corrected chi connectivity index (χ4v) is 1.69. The molecule has 5 nitrogen and oxygen atoms in total. The fourth-order valence-electron chi connectivity index (χ4n) is 1.69. The number of rotatable bonds is 1. The lowest BCUT2D eigenvalue weighted by atomic mass is 10.1. The zero-order chi connectivity index (χ0) is 9.97. The molecule has 2 heterocycles. The molecule has 0 radical (unpaired) electrons. The van der Waals surface area contributed by atoms with Crippen molar-refractivity contribution in [2.75, 3.05) is 18.0 Å². The Balaban J connectivity index is 2.26. The van der Waals surface area contributed by atoms with E-state index in [1.807, 2.05) is 4.90 Å². The van der Waals surface area contributed by atoms with Gasteiger partial charge in [-0.1, -0.05) is 0 Å². The number of nitrogens with zero attached hydrogens (tertiary/aromatic N) is 2. The third-order valence-electron chi connectivity index (χ3n) is 2.37. The molecule has 0 unspecified atom stereocenters. The van der Waals surface area contributed by atoms with Gasteiger partial charge in [0.05, 0.1) is 6.07 Å². The maximum atomic E-state index is 11.1. The van der Waals surface area contributed by atoms with E-state index in [-0.39, 0.29) is 11.4 Å². The van der Waals surface area contributed by atoms with E-state index in [4.69, 9.17) is 5.11 Å². The second-order valence-corrected chi connectivity index (χ2v) is 3.47. The molecule has 5 heteroatoms. The predicted octanol–water partition coefficient (Wildman–Crippen LogP) is 0.466. The van der Waals surface area contributed by atoms with Crippen LogP contribution in [0.3, 0.4) is 0 Å². The summed E-state index contributed by atoms with van der Waals surface area (Å²) in [5, 5.41) is 9.17. The van der Waals surface area contributed by atoms with Crippen molar-refractivity contribution in [3.63, 3.8) is 0 Å². The normalized spacial score (nSPS) is 17.0. The van der Waals surface area contributed by atoms with Crippen molar-refractivity contribution in [1.82, 2.24) is 9.97 Å². The Morgan fingerprint density at radius 1 is 1.36 bits per heavy atom. The molecule has 76 valence electrons. The van der Waals surface area contributed by atoms with Crippen LogP contribution >= 0.6 is 0 Å². The molecule has 0 saturated carbocycles. The highest BCUT2D eigenvalue weighted by atomic mass is 16.3. The van der Waals surface area contributed by atoms with Gasteiger partial charge in [0.15, 0.2) is 0 Å². The topological polar surface area (TPSA) is 69.2 Å². The van der Waals surface area contributed by atoms with E-state index in [9.17, 15) is 4.79 Å². The quantitative estimate of drug-likeness (QED) is 0.683. The van der Waals surface area contributed by atoms with Gasteiger partial charge in [-0.3, -0.25) is 9.78 Å². The van der Waals surface area contributed by atoms with Crippen LogP contribution in [0.25, 0.3) is 0 Å². The Kier molecular flexibility index (Phi) is 2.39. The van der Waals surface area contributed by atoms with Crippen LogP contribution in [0, 0.1) is 0 Å². The van der Waals surface area contributed by atoms with Crippen LogP contribution in [-0.2, 0) is 0 Å². The zero-order valence-corrected chi connectivity index (χ0v) is 7.86. The molecule has 0 atom stereocenters. The van der Waals surface area contributed by atoms with Gasteiger partial charge < -0.3 is 10.0 Å². The SMILES string of the molecule is O=c1cc(O)nc(N2CCCCC2)[nH]1. The number of aromatic amines is 1. The first-order valence-electron chi connectivity index (χ1n) is 4.81. The molecule has 0 bridgehead atoms. The summed E-state index contributed by atoms with van der Waals surface area (Å²) in [6.45, 7) is 1.79. The number of hydrogen-bond donors (Lipinski definition) is 2. The van der Waals surface area contributed by atoms with Gasteiger partial charge in [-0.05, 0) is 19.3 Å². The summed E-state index contributed by atoms with van der Waals surface area (Å²) in [7, 11) is 0. The van der Waals surface area contributed by atoms with Gasteiger partial charge in [-0.25, -0.2) is 0 Å². The first-order valence-corrected chi connectivity index (χ1v) is 4.81. The smallest absolute Gasteiger partial charge is 0.256 e.